The summed E-state index contributed by atoms with van der Waals surface area (Å²) in [5.41, 5.74) is 6.25. The van der Waals surface area contributed by atoms with E-state index in [0.29, 0.717) is 17.3 Å². The first-order valence-corrected chi connectivity index (χ1v) is 5.19. The van der Waals surface area contributed by atoms with Gasteiger partial charge in [-0.2, -0.15) is 0 Å². The van der Waals surface area contributed by atoms with E-state index in [2.05, 4.69) is 10.3 Å². The Morgan fingerprint density at radius 3 is 2.93 bits per heavy atom. The fourth-order valence-corrected chi connectivity index (χ4v) is 1.24. The fraction of sp³-hybridized carbons (Fsp3) is 0.400. The molecule has 3 N–H and O–H groups in total. The monoisotopic (exact) mass is 227 g/mol. The molecular weight excluding hydrogens is 214 g/mol. The van der Waals surface area contributed by atoms with Crippen molar-refractivity contribution in [2.45, 2.75) is 25.8 Å². The van der Waals surface area contributed by atoms with Crippen molar-refractivity contribution in [2.24, 2.45) is 5.73 Å². The van der Waals surface area contributed by atoms with E-state index in [9.17, 15) is 4.79 Å². The molecule has 0 aliphatic heterocycles. The van der Waals surface area contributed by atoms with E-state index < -0.39 is 6.04 Å². The Labute approximate surface area is 93.8 Å². The number of nitrogens with zero attached hydrogens (tertiary/aromatic N) is 1. The number of anilines is 1. The van der Waals surface area contributed by atoms with Crippen LogP contribution in [0, 0.1) is 0 Å². The molecule has 0 fully saturated rings. The fourth-order valence-electron chi connectivity index (χ4n) is 1.13. The Bertz CT molecular complexity index is 326. The van der Waals surface area contributed by atoms with Gasteiger partial charge < -0.3 is 11.1 Å². The van der Waals surface area contributed by atoms with Crippen molar-refractivity contribution < 1.29 is 4.79 Å². The molecule has 0 aliphatic rings. The third kappa shape index (κ3) is 3.85. The summed E-state index contributed by atoms with van der Waals surface area (Å²) < 4.78 is 0. The van der Waals surface area contributed by atoms with Gasteiger partial charge in [0.2, 0.25) is 5.91 Å². The zero-order valence-electron chi connectivity index (χ0n) is 8.53. The molecule has 1 aromatic rings. The Morgan fingerprint density at radius 1 is 1.67 bits per heavy atom. The van der Waals surface area contributed by atoms with Crippen LogP contribution in [-0.4, -0.2) is 16.9 Å². The number of carbonyl (C=O) groups excluding carboxylic acids is 1. The number of pyridine rings is 1. The normalized spacial score (nSPS) is 12.2. The molecule has 1 amide bonds. The Morgan fingerprint density at radius 2 is 2.40 bits per heavy atom. The minimum Gasteiger partial charge on any atom is -0.323 e. The van der Waals surface area contributed by atoms with Crippen molar-refractivity contribution in [3.05, 3.63) is 23.5 Å². The molecule has 4 nitrogen and oxygen atoms in total. The highest BCUT2D eigenvalue weighted by atomic mass is 35.5. The first kappa shape index (κ1) is 11.9. The Balaban J connectivity index is 2.54. The van der Waals surface area contributed by atoms with E-state index in [4.69, 9.17) is 17.3 Å². The summed E-state index contributed by atoms with van der Waals surface area (Å²) in [4.78, 5) is 15.3. The van der Waals surface area contributed by atoms with Gasteiger partial charge in [-0.1, -0.05) is 24.9 Å². The molecule has 0 saturated heterocycles. The minimum atomic E-state index is -0.467. The minimum absolute atomic E-state index is 0.194. The standard InChI is InChI=1S/C10H14ClN3O/c1-2-3-8(12)10(15)14-7-4-5-9(11)13-6-7/h4-6,8H,2-3,12H2,1H3,(H,14,15). The van der Waals surface area contributed by atoms with Crippen LogP contribution in [0.15, 0.2) is 18.3 Å². The maximum atomic E-state index is 11.5. The average molecular weight is 228 g/mol. The first-order valence-electron chi connectivity index (χ1n) is 4.81. The van der Waals surface area contributed by atoms with Gasteiger partial charge in [0, 0.05) is 0 Å². The Kier molecular flexibility index (Phi) is 4.52. The summed E-state index contributed by atoms with van der Waals surface area (Å²) in [5.74, 6) is -0.194. The number of aromatic nitrogens is 1. The first-order chi connectivity index (χ1) is 7.13. The molecule has 1 unspecified atom stereocenters. The lowest BCUT2D eigenvalue weighted by Crippen LogP contribution is -2.35. The third-order valence-corrected chi connectivity index (χ3v) is 2.15. The molecule has 0 aromatic carbocycles. The van der Waals surface area contributed by atoms with Gasteiger partial charge in [-0.05, 0) is 18.6 Å². The van der Waals surface area contributed by atoms with Crippen molar-refractivity contribution in [2.75, 3.05) is 5.32 Å². The number of halogens is 1. The summed E-state index contributed by atoms with van der Waals surface area (Å²) in [5, 5.41) is 3.06. The number of hydrogen-bond donors (Lipinski definition) is 2. The van der Waals surface area contributed by atoms with Gasteiger partial charge in [-0.25, -0.2) is 4.98 Å². The summed E-state index contributed by atoms with van der Waals surface area (Å²) in [6, 6.07) is 2.83. The van der Waals surface area contributed by atoms with Gasteiger partial charge in [0.05, 0.1) is 17.9 Å². The summed E-state index contributed by atoms with van der Waals surface area (Å²) in [6.07, 6.45) is 3.05. The quantitative estimate of drug-likeness (QED) is 0.771. The highest BCUT2D eigenvalue weighted by molar-refractivity contribution is 6.29. The Hall–Kier alpha value is -1.13. The van der Waals surface area contributed by atoms with E-state index in [1.165, 1.54) is 6.20 Å². The van der Waals surface area contributed by atoms with E-state index in [-0.39, 0.29) is 5.91 Å². The van der Waals surface area contributed by atoms with E-state index in [1.54, 1.807) is 12.1 Å². The van der Waals surface area contributed by atoms with Gasteiger partial charge in [-0.15, -0.1) is 0 Å². The zero-order valence-corrected chi connectivity index (χ0v) is 9.29. The molecule has 82 valence electrons. The molecule has 5 heteroatoms. The molecule has 0 aliphatic carbocycles. The van der Waals surface area contributed by atoms with E-state index in [1.807, 2.05) is 6.92 Å². The van der Waals surface area contributed by atoms with Gasteiger partial charge >= 0.3 is 0 Å². The second-order valence-electron chi connectivity index (χ2n) is 3.25. The van der Waals surface area contributed by atoms with Crippen LogP contribution >= 0.6 is 11.6 Å². The van der Waals surface area contributed by atoms with Crippen molar-refractivity contribution >= 4 is 23.2 Å². The van der Waals surface area contributed by atoms with E-state index >= 15 is 0 Å². The second kappa shape index (κ2) is 5.68. The predicted molar refractivity (Wildman–Crippen MR) is 60.8 cm³/mol. The number of nitrogens with two attached hydrogens (primary N) is 1. The number of carbonyl (C=O) groups is 1. The topological polar surface area (TPSA) is 68.0 Å². The van der Waals surface area contributed by atoms with Crippen LogP contribution in [-0.2, 0) is 4.79 Å². The average Bonchev–Trinajstić information content (AvgIpc) is 2.22. The van der Waals surface area contributed by atoms with E-state index in [0.717, 1.165) is 6.42 Å². The van der Waals surface area contributed by atoms with Gasteiger partial charge in [0.1, 0.15) is 5.15 Å². The number of amides is 1. The largest absolute Gasteiger partial charge is 0.323 e. The van der Waals surface area contributed by atoms with Crippen LogP contribution in [0.25, 0.3) is 0 Å². The van der Waals surface area contributed by atoms with Crippen molar-refractivity contribution in [1.29, 1.82) is 0 Å². The summed E-state index contributed by atoms with van der Waals surface area (Å²) in [6.45, 7) is 1.98. The van der Waals surface area contributed by atoms with Crippen LogP contribution in [0.5, 0.6) is 0 Å². The molecule has 1 aromatic heterocycles. The smallest absolute Gasteiger partial charge is 0.241 e. The molecule has 1 heterocycles. The van der Waals surface area contributed by atoms with Gasteiger partial charge in [0.15, 0.2) is 0 Å². The molecule has 0 radical (unpaired) electrons. The molecule has 0 saturated carbocycles. The lowest BCUT2D eigenvalue weighted by Gasteiger charge is -2.10. The highest BCUT2D eigenvalue weighted by Gasteiger charge is 2.11. The van der Waals surface area contributed by atoms with Crippen LogP contribution in [0.3, 0.4) is 0 Å². The molecule has 0 bridgehead atoms. The highest BCUT2D eigenvalue weighted by Crippen LogP contribution is 2.10. The van der Waals surface area contributed by atoms with Crippen LogP contribution < -0.4 is 11.1 Å². The third-order valence-electron chi connectivity index (χ3n) is 1.93. The van der Waals surface area contributed by atoms with Gasteiger partial charge in [0.25, 0.3) is 0 Å². The van der Waals surface area contributed by atoms with Crippen LogP contribution in [0.1, 0.15) is 19.8 Å². The van der Waals surface area contributed by atoms with Crippen molar-refractivity contribution in [3.8, 4) is 0 Å². The molecule has 1 atom stereocenters. The predicted octanol–water partition coefficient (Wildman–Crippen LogP) is 1.80. The molecule has 15 heavy (non-hydrogen) atoms. The number of hydrogen-bond acceptors (Lipinski definition) is 3. The summed E-state index contributed by atoms with van der Waals surface area (Å²) in [7, 11) is 0. The van der Waals surface area contributed by atoms with Crippen LogP contribution in [0.4, 0.5) is 5.69 Å². The lowest BCUT2D eigenvalue weighted by atomic mass is 10.1. The second-order valence-corrected chi connectivity index (χ2v) is 3.64. The van der Waals surface area contributed by atoms with Gasteiger partial charge in [-0.3, -0.25) is 4.79 Å². The maximum absolute atomic E-state index is 11.5. The molecule has 1 rings (SSSR count). The van der Waals surface area contributed by atoms with Crippen LogP contribution in [0.2, 0.25) is 5.15 Å². The SMILES string of the molecule is CCCC(N)C(=O)Nc1ccc(Cl)nc1. The molecule has 0 spiro atoms. The lowest BCUT2D eigenvalue weighted by molar-refractivity contribution is -0.117. The molecular formula is C10H14ClN3O. The summed E-state index contributed by atoms with van der Waals surface area (Å²) >= 11 is 5.61. The zero-order chi connectivity index (χ0) is 11.3. The number of rotatable bonds is 4. The van der Waals surface area contributed by atoms with Crippen molar-refractivity contribution in [3.63, 3.8) is 0 Å². The maximum Gasteiger partial charge on any atom is 0.241 e. The van der Waals surface area contributed by atoms with Crippen molar-refractivity contribution in [1.82, 2.24) is 4.98 Å². The number of nitrogens with one attached hydrogen (secondary N) is 1.